The Morgan fingerprint density at radius 2 is 0.438 bits per heavy atom. The maximum absolute atomic E-state index is 5.57. The summed E-state index contributed by atoms with van der Waals surface area (Å²) in [7, 11) is 0. The van der Waals surface area contributed by atoms with E-state index in [1.165, 1.54) is 114 Å². The first kappa shape index (κ1) is 60.0. The molecule has 0 N–H and O–H groups in total. The number of rotatable bonds is 11. The summed E-state index contributed by atoms with van der Waals surface area (Å²) in [5.41, 5.74) is 24.9. The first-order valence-corrected chi connectivity index (χ1v) is 36.3. The van der Waals surface area contributed by atoms with Gasteiger partial charge in [0.1, 0.15) is 5.82 Å². The van der Waals surface area contributed by atoms with Crippen LogP contribution in [0.1, 0.15) is 0 Å². The van der Waals surface area contributed by atoms with Gasteiger partial charge in [-0.1, -0.05) is 346 Å². The first-order valence-electron chi connectivity index (χ1n) is 36.3. The maximum atomic E-state index is 5.57. The van der Waals surface area contributed by atoms with Gasteiger partial charge in [-0.2, -0.15) is 0 Å². The van der Waals surface area contributed by atoms with Crippen molar-refractivity contribution in [1.29, 1.82) is 0 Å². The van der Waals surface area contributed by atoms with Crippen LogP contribution in [0.2, 0.25) is 0 Å². The van der Waals surface area contributed by atoms with Gasteiger partial charge in [0, 0.05) is 11.3 Å². The third kappa shape index (κ3) is 9.47. The Bertz CT molecular complexity index is 6970. The lowest BCUT2D eigenvalue weighted by atomic mass is 9.73. The van der Waals surface area contributed by atoms with E-state index in [0.717, 1.165) is 100 Å². The SMILES string of the molecule is c1ccc(-c2c(-c3ccccc3)c(-c3ccccc3)c3c4cccc5c6c(-c7cccc(-c8nc9ccccc9n8-c8ccccc8)c7)c(-c7ccccc7)c(-c7cccc(-c8ccc9c%10ccccc%10c%10ccccc%10c9c8)c7)c(-c7ccccc7)c6c6cccc(c3c2-c2ccccc2)c6c45)cc1. The highest BCUT2D eigenvalue weighted by molar-refractivity contribution is 6.47. The van der Waals surface area contributed by atoms with Gasteiger partial charge in [-0.25, -0.2) is 4.98 Å². The molecule has 0 bridgehead atoms. The van der Waals surface area contributed by atoms with Gasteiger partial charge < -0.3 is 0 Å². The molecular weight excluding hydrogens is 1270 g/mol. The largest absolute Gasteiger partial charge is 0.292 e. The molecule has 2 nitrogen and oxygen atoms in total. The van der Waals surface area contributed by atoms with Gasteiger partial charge in [0.15, 0.2) is 0 Å². The molecule has 0 radical (unpaired) electrons. The Morgan fingerprint density at radius 1 is 0.162 bits per heavy atom. The van der Waals surface area contributed by atoms with Crippen LogP contribution in [0, 0.1) is 0 Å². The van der Waals surface area contributed by atoms with Crippen LogP contribution in [-0.2, 0) is 0 Å². The Labute approximate surface area is 608 Å². The number of imidazole rings is 1. The van der Waals surface area contributed by atoms with Gasteiger partial charge in [-0.15, -0.1) is 0 Å². The Morgan fingerprint density at radius 3 is 0.876 bits per heavy atom. The highest BCUT2D eigenvalue weighted by atomic mass is 15.1. The van der Waals surface area contributed by atoms with Crippen LogP contribution in [0.3, 0.4) is 0 Å². The number of para-hydroxylation sites is 3. The lowest BCUT2D eigenvalue weighted by molar-refractivity contribution is 1.10. The molecule has 0 spiro atoms. The summed E-state index contributed by atoms with van der Waals surface area (Å²) >= 11 is 0. The first-order chi connectivity index (χ1) is 52.2. The zero-order valence-electron chi connectivity index (χ0n) is 57.3. The van der Waals surface area contributed by atoms with E-state index in [1.54, 1.807) is 0 Å². The molecule has 0 saturated carbocycles. The highest BCUT2D eigenvalue weighted by Gasteiger charge is 2.33. The minimum atomic E-state index is 0.875. The van der Waals surface area contributed by atoms with Crippen LogP contribution in [-0.4, -0.2) is 9.55 Å². The third-order valence-electron chi connectivity index (χ3n) is 22.0. The molecule has 1 aromatic heterocycles. The number of aromatic nitrogens is 2. The van der Waals surface area contributed by atoms with Crippen molar-refractivity contribution in [3.05, 3.63) is 388 Å². The van der Waals surface area contributed by atoms with Gasteiger partial charge in [0.05, 0.1) is 11.0 Å². The summed E-state index contributed by atoms with van der Waals surface area (Å²) in [5.74, 6) is 0.875. The van der Waals surface area contributed by atoms with E-state index < -0.39 is 0 Å². The molecular formula is C103H64N2. The minimum Gasteiger partial charge on any atom is -0.292 e. The minimum absolute atomic E-state index is 0.875. The summed E-state index contributed by atoms with van der Waals surface area (Å²) in [4.78, 5) is 5.57. The van der Waals surface area contributed by atoms with Crippen molar-refractivity contribution in [3.63, 3.8) is 0 Å². The Hall–Kier alpha value is -13.8. The number of hydrogen-bond acceptors (Lipinski definition) is 1. The predicted octanol–water partition coefficient (Wildman–Crippen LogP) is 28.4. The van der Waals surface area contributed by atoms with Crippen molar-refractivity contribution in [2.75, 3.05) is 0 Å². The molecule has 0 unspecified atom stereocenters. The van der Waals surface area contributed by atoms with Crippen LogP contribution in [0.15, 0.2) is 388 Å². The Kier molecular flexibility index (Phi) is 14.0. The molecule has 0 aliphatic heterocycles. The molecule has 1 heterocycles. The van der Waals surface area contributed by atoms with E-state index in [2.05, 4.69) is 393 Å². The van der Waals surface area contributed by atoms with Crippen molar-refractivity contribution in [3.8, 4) is 117 Å². The van der Waals surface area contributed by atoms with Gasteiger partial charge in [-0.3, -0.25) is 4.57 Å². The summed E-state index contributed by atoms with van der Waals surface area (Å²) in [6.45, 7) is 0. The van der Waals surface area contributed by atoms with Gasteiger partial charge >= 0.3 is 0 Å². The number of nitrogens with zero attached hydrogens (tertiary/aromatic N) is 2. The molecule has 21 aromatic rings. The molecule has 0 aliphatic rings. The van der Waals surface area contributed by atoms with Gasteiger partial charge in [0.25, 0.3) is 0 Å². The lowest BCUT2D eigenvalue weighted by Gasteiger charge is -2.29. The van der Waals surface area contributed by atoms with Crippen LogP contribution in [0.4, 0.5) is 0 Å². The van der Waals surface area contributed by atoms with Crippen LogP contribution >= 0.6 is 0 Å². The molecule has 0 saturated heterocycles. The van der Waals surface area contributed by atoms with Crippen molar-refractivity contribution in [2.24, 2.45) is 0 Å². The molecule has 0 fully saturated rings. The van der Waals surface area contributed by atoms with Crippen LogP contribution in [0.5, 0.6) is 0 Å². The maximum Gasteiger partial charge on any atom is 0.145 e. The molecule has 2 heteroatoms. The lowest BCUT2D eigenvalue weighted by Crippen LogP contribution is -2.02. The summed E-state index contributed by atoms with van der Waals surface area (Å²) in [6.07, 6.45) is 0. The van der Waals surface area contributed by atoms with Crippen LogP contribution in [0.25, 0.3) is 214 Å². The summed E-state index contributed by atoms with van der Waals surface area (Å²) in [6, 6.07) is 145. The highest BCUT2D eigenvalue weighted by Crippen LogP contribution is 2.60. The second-order valence-electron chi connectivity index (χ2n) is 27.8. The smallest absolute Gasteiger partial charge is 0.145 e. The summed E-state index contributed by atoms with van der Waals surface area (Å²) < 4.78 is 2.33. The topological polar surface area (TPSA) is 17.8 Å². The van der Waals surface area contributed by atoms with Crippen LogP contribution < -0.4 is 0 Å². The number of hydrogen-bond donors (Lipinski definition) is 0. The predicted molar refractivity (Wildman–Crippen MR) is 447 cm³/mol. The van der Waals surface area contributed by atoms with Gasteiger partial charge in [0.2, 0.25) is 0 Å². The number of fused-ring (bicyclic) bond motifs is 13. The fourth-order valence-electron chi connectivity index (χ4n) is 17.8. The van der Waals surface area contributed by atoms with E-state index in [4.69, 9.17) is 4.98 Å². The summed E-state index contributed by atoms with van der Waals surface area (Å²) in [5, 5.41) is 19.6. The van der Waals surface area contributed by atoms with Crippen molar-refractivity contribution in [1.82, 2.24) is 9.55 Å². The quantitative estimate of drug-likeness (QED) is 0.0932. The molecule has 0 aliphatic carbocycles. The molecule has 486 valence electrons. The average Bonchev–Trinajstić information content (AvgIpc) is 1.14. The average molecular weight is 1330 g/mol. The fraction of sp³-hybridized carbons (Fsp3) is 0. The standard InChI is InChI=1S/C103H64N2/c1-8-32-65(33-9-1)89-90(66-34-10-2-11-35-66)93(69-40-16-5-17-41-69)100-83-55-31-57-85-98(83)97-82(99(100)92(89)68-38-14-4-15-39-68)54-30-56-84(97)101-94(70-42-18-6-19-43-70)95(73-45-28-44-71(62-73)72-60-61-81-79-52-23-22-50-77(79)78-51-24-25-53-80(78)86(81)64-72)91(67-36-12-3-13-37-67)96(102(85)101)74-46-29-47-75(63-74)103-104-87-58-26-27-59-88(87)105(103)76-48-20-7-21-49-76/h1-64H. The van der Waals surface area contributed by atoms with E-state index in [9.17, 15) is 0 Å². The molecule has 20 aromatic carbocycles. The molecule has 0 atom stereocenters. The number of benzene rings is 20. The van der Waals surface area contributed by atoms with Gasteiger partial charge in [-0.05, 0) is 229 Å². The molecule has 21 rings (SSSR count). The fourth-order valence-corrected chi connectivity index (χ4v) is 17.8. The zero-order chi connectivity index (χ0) is 69.1. The second-order valence-corrected chi connectivity index (χ2v) is 27.8. The zero-order valence-corrected chi connectivity index (χ0v) is 57.3. The van der Waals surface area contributed by atoms with E-state index >= 15 is 0 Å². The normalized spacial score (nSPS) is 11.8. The molecule has 105 heavy (non-hydrogen) atoms. The van der Waals surface area contributed by atoms with E-state index in [1.807, 2.05) is 0 Å². The van der Waals surface area contributed by atoms with Crippen molar-refractivity contribution >= 4 is 97.2 Å². The van der Waals surface area contributed by atoms with E-state index in [0.29, 0.717) is 0 Å². The van der Waals surface area contributed by atoms with E-state index in [-0.39, 0.29) is 0 Å². The third-order valence-corrected chi connectivity index (χ3v) is 22.0. The molecule has 0 amide bonds. The Balaban J connectivity index is 0.979. The second kappa shape index (κ2) is 24.5. The van der Waals surface area contributed by atoms with Crippen molar-refractivity contribution < 1.29 is 0 Å². The monoisotopic (exact) mass is 1330 g/mol. The van der Waals surface area contributed by atoms with Crippen molar-refractivity contribution in [2.45, 2.75) is 0 Å².